The van der Waals surface area contributed by atoms with Crippen LogP contribution in [0.25, 0.3) is 43.6 Å². The summed E-state index contributed by atoms with van der Waals surface area (Å²) in [5.41, 5.74) is 2.10. The normalized spacial score (nSPS) is 15.7. The molecule has 0 spiro atoms. The molecule has 5 aromatic rings. The summed E-state index contributed by atoms with van der Waals surface area (Å²) in [6, 6.07) is 7.93. The van der Waals surface area contributed by atoms with Crippen LogP contribution < -0.4 is 14.8 Å². The number of aromatic hydroxyl groups is 1. The number of phenolic OH excluding ortho intramolecular Hbond substituents is 1. The van der Waals surface area contributed by atoms with Gasteiger partial charge in [-0.05, 0) is 38.1 Å². The molecule has 1 aliphatic rings. The summed E-state index contributed by atoms with van der Waals surface area (Å²) >= 11 is 0. The first-order chi connectivity index (χ1) is 19.6. The third kappa shape index (κ3) is 3.83. The van der Waals surface area contributed by atoms with Gasteiger partial charge in [0, 0.05) is 27.6 Å². The van der Waals surface area contributed by atoms with Crippen molar-refractivity contribution in [1.29, 1.82) is 0 Å². The fraction of sp³-hybridized carbons (Fsp3) is 0.310. The number of ether oxygens (including phenoxy) is 3. The van der Waals surface area contributed by atoms with Crippen LogP contribution in [-0.2, 0) is 4.74 Å². The predicted octanol–water partition coefficient (Wildman–Crippen LogP) is 2.67. The first-order valence-electron chi connectivity index (χ1n) is 13.0. The number of nitrogens with zero attached hydrogens (tertiary/aromatic N) is 1. The number of imide groups is 1. The van der Waals surface area contributed by atoms with Gasteiger partial charge in [-0.1, -0.05) is 0 Å². The smallest absolute Gasteiger partial charge is 0.259 e. The summed E-state index contributed by atoms with van der Waals surface area (Å²) < 4.78 is 18.8. The van der Waals surface area contributed by atoms with Crippen LogP contribution in [0.2, 0.25) is 0 Å². The van der Waals surface area contributed by atoms with Crippen molar-refractivity contribution < 1.29 is 44.2 Å². The predicted molar refractivity (Wildman–Crippen MR) is 150 cm³/mol. The van der Waals surface area contributed by atoms with E-state index in [1.54, 1.807) is 36.6 Å². The number of fused-ring (bicyclic) bond motifs is 10. The second-order valence-corrected chi connectivity index (χ2v) is 10.3. The molecule has 0 bridgehead atoms. The van der Waals surface area contributed by atoms with Crippen LogP contribution in [0.5, 0.6) is 17.2 Å². The van der Waals surface area contributed by atoms with Gasteiger partial charge in [0.2, 0.25) is 0 Å². The van der Waals surface area contributed by atoms with Crippen molar-refractivity contribution in [3.8, 4) is 17.2 Å². The number of hydrogen-bond donors (Lipinski definition) is 6. The Bertz CT molecular complexity index is 1890. The summed E-state index contributed by atoms with van der Waals surface area (Å²) in [5, 5.41) is 46.0. The fourth-order valence-corrected chi connectivity index (χ4v) is 5.83. The van der Waals surface area contributed by atoms with Crippen LogP contribution in [0, 0.1) is 0 Å². The van der Waals surface area contributed by atoms with Crippen molar-refractivity contribution >= 4 is 55.4 Å². The van der Waals surface area contributed by atoms with Crippen LogP contribution in [0.15, 0.2) is 30.3 Å². The zero-order valence-corrected chi connectivity index (χ0v) is 22.7. The van der Waals surface area contributed by atoms with Crippen LogP contribution in [0.3, 0.4) is 0 Å². The minimum atomic E-state index is -1.60. The lowest BCUT2D eigenvalue weighted by molar-refractivity contribution is -0.146. The first kappa shape index (κ1) is 26.8. The van der Waals surface area contributed by atoms with Gasteiger partial charge < -0.3 is 44.2 Å². The summed E-state index contributed by atoms with van der Waals surface area (Å²) in [4.78, 5) is 30.0. The molecule has 6 rings (SSSR count). The number of aromatic nitrogens is 2. The van der Waals surface area contributed by atoms with Gasteiger partial charge in [0.05, 0.1) is 60.1 Å². The van der Waals surface area contributed by atoms with Gasteiger partial charge in [0.25, 0.3) is 11.8 Å². The number of methoxy groups -OCH3 is 2. The minimum absolute atomic E-state index is 0.0847. The largest absolute Gasteiger partial charge is 0.508 e. The highest BCUT2D eigenvalue weighted by molar-refractivity contribution is 6.39. The standard InChI is InChI=1S/C29H29N3O9/c1-11(2)41-29(26(36)17(35)10-33)32-16-6-5-12(34)7-14(16)21-23-22(27(37)31-28(23)38)20-13-8-18(39-3)19(40-4)9-15(13)30-24(20)25(21)32/h5-9,11,17,26,29-30,33-36H,10H2,1-4H3,(H,31,37,38). The minimum Gasteiger partial charge on any atom is -0.508 e. The molecule has 0 radical (unpaired) electrons. The molecule has 12 heteroatoms. The molecule has 0 saturated carbocycles. The zero-order chi connectivity index (χ0) is 29.3. The Kier molecular flexibility index (Phi) is 6.30. The Hall–Kier alpha value is -4.36. The highest BCUT2D eigenvalue weighted by Crippen LogP contribution is 2.47. The molecule has 6 N–H and O–H groups in total. The van der Waals surface area contributed by atoms with E-state index in [9.17, 15) is 30.0 Å². The fourth-order valence-electron chi connectivity index (χ4n) is 5.83. The molecule has 2 aromatic heterocycles. The van der Waals surface area contributed by atoms with E-state index in [0.717, 1.165) is 0 Å². The van der Waals surface area contributed by atoms with Crippen LogP contribution in [-0.4, -0.2) is 80.9 Å². The van der Waals surface area contributed by atoms with Crippen molar-refractivity contribution in [3.63, 3.8) is 0 Å². The Balaban J connectivity index is 1.89. The SMILES string of the molecule is COc1cc2[nH]c3c(c4c(c5c6cc(O)ccc6n(C(OC(C)C)C(O)C(O)CO)c35)C(=O)NC4=O)c2cc1OC. The summed E-state index contributed by atoms with van der Waals surface area (Å²) in [5.74, 6) is -0.440. The topological polar surface area (TPSA) is 176 Å². The van der Waals surface area contributed by atoms with Crippen molar-refractivity contribution in [2.75, 3.05) is 20.8 Å². The van der Waals surface area contributed by atoms with Crippen LogP contribution in [0.1, 0.15) is 40.8 Å². The summed E-state index contributed by atoms with van der Waals surface area (Å²) in [6.07, 6.45) is -4.84. The quantitative estimate of drug-likeness (QED) is 0.155. The van der Waals surface area contributed by atoms with Gasteiger partial charge in [0.1, 0.15) is 18.0 Å². The molecule has 3 heterocycles. The number of amides is 2. The number of hydrogen-bond acceptors (Lipinski definition) is 9. The second kappa shape index (κ2) is 9.63. The second-order valence-electron chi connectivity index (χ2n) is 10.3. The average Bonchev–Trinajstić information content (AvgIpc) is 3.57. The lowest BCUT2D eigenvalue weighted by Gasteiger charge is -2.30. The van der Waals surface area contributed by atoms with Gasteiger partial charge in [-0.2, -0.15) is 0 Å². The monoisotopic (exact) mass is 563 g/mol. The summed E-state index contributed by atoms with van der Waals surface area (Å²) in [6.45, 7) is 2.78. The maximum atomic E-state index is 13.4. The number of aromatic amines is 1. The maximum Gasteiger partial charge on any atom is 0.259 e. The van der Waals surface area contributed by atoms with Gasteiger partial charge in [0.15, 0.2) is 17.7 Å². The third-order valence-electron chi connectivity index (χ3n) is 7.50. The van der Waals surface area contributed by atoms with Crippen molar-refractivity contribution in [3.05, 3.63) is 41.5 Å². The van der Waals surface area contributed by atoms with E-state index in [0.29, 0.717) is 55.1 Å². The van der Waals surface area contributed by atoms with Crippen molar-refractivity contribution in [2.24, 2.45) is 0 Å². The number of phenols is 1. The average molecular weight is 564 g/mol. The number of rotatable bonds is 8. The van der Waals surface area contributed by atoms with E-state index >= 15 is 0 Å². The molecule has 41 heavy (non-hydrogen) atoms. The van der Waals surface area contributed by atoms with Gasteiger partial charge >= 0.3 is 0 Å². The molecular weight excluding hydrogens is 534 g/mol. The Morgan fingerprint density at radius 1 is 0.927 bits per heavy atom. The number of nitrogens with one attached hydrogen (secondary N) is 2. The molecular formula is C29H29N3O9. The highest BCUT2D eigenvalue weighted by atomic mass is 16.5. The number of carbonyl (C=O) groups is 2. The van der Waals surface area contributed by atoms with E-state index in [2.05, 4.69) is 10.3 Å². The Morgan fingerprint density at radius 3 is 2.22 bits per heavy atom. The Labute approximate surface area is 232 Å². The first-order valence-corrected chi connectivity index (χ1v) is 13.0. The van der Waals surface area contributed by atoms with E-state index in [4.69, 9.17) is 14.2 Å². The van der Waals surface area contributed by atoms with Crippen molar-refractivity contribution in [1.82, 2.24) is 14.9 Å². The summed E-state index contributed by atoms with van der Waals surface area (Å²) in [7, 11) is 2.99. The molecule has 3 unspecified atom stereocenters. The molecule has 2 amide bonds. The molecule has 0 aliphatic carbocycles. The lowest BCUT2D eigenvalue weighted by Crippen LogP contribution is -2.39. The number of H-pyrrole nitrogens is 1. The van der Waals surface area contributed by atoms with E-state index in [-0.39, 0.29) is 16.9 Å². The van der Waals surface area contributed by atoms with Gasteiger partial charge in [-0.3, -0.25) is 14.9 Å². The van der Waals surface area contributed by atoms with Gasteiger partial charge in [-0.15, -0.1) is 0 Å². The number of aliphatic hydroxyl groups is 3. The van der Waals surface area contributed by atoms with Crippen molar-refractivity contribution in [2.45, 2.75) is 38.4 Å². The number of aliphatic hydroxyl groups excluding tert-OH is 3. The van der Waals surface area contributed by atoms with E-state index < -0.39 is 43.0 Å². The lowest BCUT2D eigenvalue weighted by atomic mass is 9.96. The van der Waals surface area contributed by atoms with Crippen LogP contribution in [0.4, 0.5) is 0 Å². The highest BCUT2D eigenvalue weighted by Gasteiger charge is 2.39. The van der Waals surface area contributed by atoms with Crippen LogP contribution >= 0.6 is 0 Å². The molecule has 3 aromatic carbocycles. The zero-order valence-electron chi connectivity index (χ0n) is 22.7. The number of carbonyl (C=O) groups excluding carboxylic acids is 2. The van der Waals surface area contributed by atoms with Gasteiger partial charge in [-0.25, -0.2) is 0 Å². The molecule has 3 atom stereocenters. The third-order valence-corrected chi connectivity index (χ3v) is 7.50. The Morgan fingerprint density at radius 2 is 1.59 bits per heavy atom. The van der Waals surface area contributed by atoms with E-state index in [1.165, 1.54) is 26.4 Å². The molecule has 214 valence electrons. The van der Waals surface area contributed by atoms with E-state index in [1.807, 2.05) is 0 Å². The molecule has 1 aliphatic heterocycles. The number of benzene rings is 3. The maximum absolute atomic E-state index is 13.4. The molecule has 0 fully saturated rings. The molecule has 12 nitrogen and oxygen atoms in total. The molecule has 0 saturated heterocycles.